The zero-order valence-corrected chi connectivity index (χ0v) is 8.99. The highest BCUT2D eigenvalue weighted by Gasteiger charge is 2.15. The number of hydrogen-bond donors (Lipinski definition) is 1. The number of carbonyl (C=O) groups is 1. The van der Waals surface area contributed by atoms with E-state index in [1.807, 2.05) is 0 Å². The van der Waals surface area contributed by atoms with Crippen LogP contribution in [0.4, 0.5) is 4.39 Å². The number of benzene rings is 1. The molecule has 0 aliphatic heterocycles. The molecule has 1 unspecified atom stereocenters. The third-order valence-electron chi connectivity index (χ3n) is 2.39. The summed E-state index contributed by atoms with van der Waals surface area (Å²) in [6, 6.07) is 6.28. The van der Waals surface area contributed by atoms with E-state index in [-0.39, 0.29) is 12.4 Å². The SMILES string of the molecule is O=C(O)C(Cl)Cn1ccc2c(F)cccc21. The number of rotatable bonds is 3. The molecule has 0 radical (unpaired) electrons. The van der Waals surface area contributed by atoms with Crippen molar-refractivity contribution in [2.24, 2.45) is 0 Å². The molecule has 1 N–H and O–H groups in total. The Morgan fingerprint density at radius 2 is 2.25 bits per heavy atom. The van der Waals surface area contributed by atoms with Crippen LogP contribution in [0.1, 0.15) is 0 Å². The molecule has 1 aromatic carbocycles. The van der Waals surface area contributed by atoms with Crippen LogP contribution in [0, 0.1) is 5.82 Å². The van der Waals surface area contributed by atoms with Crippen molar-refractivity contribution < 1.29 is 14.3 Å². The van der Waals surface area contributed by atoms with Crippen LogP contribution in [-0.2, 0) is 11.3 Å². The van der Waals surface area contributed by atoms with Gasteiger partial charge in [-0.1, -0.05) is 6.07 Å². The van der Waals surface area contributed by atoms with Crippen molar-refractivity contribution in [3.05, 3.63) is 36.3 Å². The summed E-state index contributed by atoms with van der Waals surface area (Å²) in [5.41, 5.74) is 0.645. The first kappa shape index (κ1) is 11.0. The molecule has 0 spiro atoms. The number of halogens is 2. The molecular weight excluding hydrogens is 233 g/mol. The van der Waals surface area contributed by atoms with Gasteiger partial charge in [0.1, 0.15) is 11.2 Å². The Balaban J connectivity index is 2.39. The van der Waals surface area contributed by atoms with E-state index in [1.165, 1.54) is 6.07 Å². The molecule has 0 saturated carbocycles. The van der Waals surface area contributed by atoms with Gasteiger partial charge in [-0.25, -0.2) is 4.39 Å². The number of nitrogens with zero attached hydrogens (tertiary/aromatic N) is 1. The highest BCUT2D eigenvalue weighted by molar-refractivity contribution is 6.29. The van der Waals surface area contributed by atoms with Crippen LogP contribution in [0.15, 0.2) is 30.5 Å². The maximum Gasteiger partial charge on any atom is 0.323 e. The Hall–Kier alpha value is -1.55. The minimum atomic E-state index is -1.08. The molecule has 0 fully saturated rings. The van der Waals surface area contributed by atoms with Gasteiger partial charge in [0.05, 0.1) is 5.52 Å². The van der Waals surface area contributed by atoms with Gasteiger partial charge in [0, 0.05) is 18.1 Å². The normalized spacial score (nSPS) is 12.9. The van der Waals surface area contributed by atoms with E-state index in [1.54, 1.807) is 29.0 Å². The maximum atomic E-state index is 13.3. The van der Waals surface area contributed by atoms with Gasteiger partial charge >= 0.3 is 5.97 Å². The fourth-order valence-corrected chi connectivity index (χ4v) is 1.74. The Morgan fingerprint density at radius 1 is 1.50 bits per heavy atom. The van der Waals surface area contributed by atoms with Gasteiger partial charge in [0.15, 0.2) is 0 Å². The Morgan fingerprint density at radius 3 is 2.94 bits per heavy atom. The number of fused-ring (bicyclic) bond motifs is 1. The molecule has 1 atom stereocenters. The predicted molar refractivity (Wildman–Crippen MR) is 59.2 cm³/mol. The molecule has 0 aliphatic rings. The fraction of sp³-hybridized carbons (Fsp3) is 0.182. The van der Waals surface area contributed by atoms with E-state index < -0.39 is 11.3 Å². The Bertz CT molecular complexity index is 538. The molecule has 1 aromatic heterocycles. The molecule has 5 heteroatoms. The Labute approximate surface area is 96.1 Å². The van der Waals surface area contributed by atoms with Crippen LogP contribution in [0.3, 0.4) is 0 Å². The topological polar surface area (TPSA) is 42.2 Å². The van der Waals surface area contributed by atoms with Crippen LogP contribution >= 0.6 is 11.6 Å². The van der Waals surface area contributed by atoms with E-state index in [0.717, 1.165) is 0 Å². The van der Waals surface area contributed by atoms with Gasteiger partial charge in [0.25, 0.3) is 0 Å². The molecule has 3 nitrogen and oxygen atoms in total. The average Bonchev–Trinajstić information content (AvgIpc) is 2.63. The summed E-state index contributed by atoms with van der Waals surface area (Å²) in [5, 5.41) is 8.14. The van der Waals surface area contributed by atoms with Gasteiger partial charge in [-0.2, -0.15) is 0 Å². The predicted octanol–water partition coefficient (Wildman–Crippen LogP) is 2.47. The molecule has 0 bridgehead atoms. The van der Waals surface area contributed by atoms with E-state index >= 15 is 0 Å². The maximum absolute atomic E-state index is 13.3. The standard InChI is InChI=1S/C11H9ClFNO2/c12-8(11(15)16)6-14-5-4-7-9(13)2-1-3-10(7)14/h1-5,8H,6H2,(H,15,16). The third-order valence-corrected chi connectivity index (χ3v) is 2.71. The van der Waals surface area contributed by atoms with Crippen LogP contribution in [0.25, 0.3) is 10.9 Å². The molecule has 16 heavy (non-hydrogen) atoms. The minimum absolute atomic E-state index is 0.115. The second-order valence-corrected chi connectivity index (χ2v) is 3.97. The fourth-order valence-electron chi connectivity index (χ4n) is 1.60. The van der Waals surface area contributed by atoms with Crippen molar-refractivity contribution in [3.8, 4) is 0 Å². The molecule has 84 valence electrons. The molecule has 2 aromatic rings. The first-order valence-corrected chi connectivity index (χ1v) is 5.13. The monoisotopic (exact) mass is 241 g/mol. The number of aromatic nitrogens is 1. The van der Waals surface area contributed by atoms with E-state index in [2.05, 4.69) is 0 Å². The summed E-state index contributed by atoms with van der Waals surface area (Å²) in [5.74, 6) is -1.40. The number of carboxylic acids is 1. The highest BCUT2D eigenvalue weighted by Crippen LogP contribution is 2.19. The third kappa shape index (κ3) is 1.88. The van der Waals surface area contributed by atoms with Crippen molar-refractivity contribution >= 4 is 28.5 Å². The zero-order chi connectivity index (χ0) is 11.7. The second kappa shape index (κ2) is 4.14. The van der Waals surface area contributed by atoms with Crippen molar-refractivity contribution in [1.29, 1.82) is 0 Å². The van der Waals surface area contributed by atoms with Gasteiger partial charge in [-0.15, -0.1) is 11.6 Å². The summed E-state index contributed by atoms with van der Waals surface area (Å²) in [6.45, 7) is 0.115. The molecule has 2 rings (SSSR count). The molecule has 1 heterocycles. The lowest BCUT2D eigenvalue weighted by atomic mass is 10.2. The van der Waals surface area contributed by atoms with Crippen molar-refractivity contribution in [2.45, 2.75) is 11.9 Å². The number of hydrogen-bond acceptors (Lipinski definition) is 1. The van der Waals surface area contributed by atoms with Gasteiger partial charge in [-0.3, -0.25) is 4.79 Å². The van der Waals surface area contributed by atoms with Gasteiger partial charge in [0.2, 0.25) is 0 Å². The van der Waals surface area contributed by atoms with E-state index in [9.17, 15) is 9.18 Å². The molecule has 0 aliphatic carbocycles. The molecule has 0 amide bonds. The Kier molecular flexibility index (Phi) is 2.83. The second-order valence-electron chi connectivity index (χ2n) is 3.45. The number of aliphatic carboxylic acids is 1. The lowest BCUT2D eigenvalue weighted by Crippen LogP contribution is -2.19. The van der Waals surface area contributed by atoms with Gasteiger partial charge in [-0.05, 0) is 18.2 Å². The average molecular weight is 242 g/mol. The summed E-state index contributed by atoms with van der Waals surface area (Å²) in [7, 11) is 0. The van der Waals surface area contributed by atoms with Crippen molar-refractivity contribution in [1.82, 2.24) is 4.57 Å². The highest BCUT2D eigenvalue weighted by atomic mass is 35.5. The summed E-state index contributed by atoms with van der Waals surface area (Å²) < 4.78 is 15.0. The van der Waals surface area contributed by atoms with E-state index in [4.69, 9.17) is 16.7 Å². The van der Waals surface area contributed by atoms with Crippen LogP contribution < -0.4 is 0 Å². The van der Waals surface area contributed by atoms with Gasteiger partial charge < -0.3 is 9.67 Å². The summed E-state index contributed by atoms with van der Waals surface area (Å²) in [4.78, 5) is 10.6. The van der Waals surface area contributed by atoms with Crippen LogP contribution in [0.2, 0.25) is 0 Å². The smallest absolute Gasteiger partial charge is 0.323 e. The first-order valence-electron chi connectivity index (χ1n) is 4.70. The largest absolute Gasteiger partial charge is 0.480 e. The number of alkyl halides is 1. The number of carboxylic acid groups (broad SMARTS) is 1. The van der Waals surface area contributed by atoms with Crippen LogP contribution in [0.5, 0.6) is 0 Å². The first-order chi connectivity index (χ1) is 7.59. The van der Waals surface area contributed by atoms with Crippen LogP contribution in [-0.4, -0.2) is 21.0 Å². The van der Waals surface area contributed by atoms with Crippen molar-refractivity contribution in [3.63, 3.8) is 0 Å². The zero-order valence-electron chi connectivity index (χ0n) is 8.23. The lowest BCUT2D eigenvalue weighted by molar-refractivity contribution is -0.136. The molecular formula is C11H9ClFNO2. The minimum Gasteiger partial charge on any atom is -0.480 e. The van der Waals surface area contributed by atoms with E-state index in [0.29, 0.717) is 10.9 Å². The lowest BCUT2D eigenvalue weighted by Gasteiger charge is -2.07. The summed E-state index contributed by atoms with van der Waals surface area (Å²) >= 11 is 5.63. The van der Waals surface area contributed by atoms with Crippen molar-refractivity contribution in [2.75, 3.05) is 0 Å². The quantitative estimate of drug-likeness (QED) is 0.839. The summed E-state index contributed by atoms with van der Waals surface area (Å²) in [6.07, 6.45) is 1.63. The molecule has 0 saturated heterocycles.